The highest BCUT2D eigenvalue weighted by molar-refractivity contribution is 5.94. The lowest BCUT2D eigenvalue weighted by molar-refractivity contribution is 0.0928. The molecule has 0 radical (unpaired) electrons. The average Bonchev–Trinajstić information content (AvgIpc) is 3.03. The molecular weight excluding hydrogens is 283 g/mol. The fourth-order valence-corrected chi connectivity index (χ4v) is 3.13. The Kier molecular flexibility index (Phi) is 3.33. The molecule has 2 N–H and O–H groups in total. The Bertz CT molecular complexity index is 709. The van der Waals surface area contributed by atoms with Crippen LogP contribution in [-0.4, -0.2) is 46.5 Å². The van der Waals surface area contributed by atoms with Gasteiger partial charge in [0.15, 0.2) is 5.82 Å². The van der Waals surface area contributed by atoms with Crippen molar-refractivity contribution >= 4 is 16.9 Å². The number of rotatable bonds is 4. The van der Waals surface area contributed by atoms with E-state index in [2.05, 4.69) is 20.2 Å². The van der Waals surface area contributed by atoms with Gasteiger partial charge < -0.3 is 15.2 Å². The minimum Gasteiger partial charge on any atom is -0.345 e. The molecule has 1 aliphatic heterocycles. The quantitative estimate of drug-likeness (QED) is 0.907. The Morgan fingerprint density at radius 2 is 2.27 bits per heavy atom. The number of imidazole rings is 1. The molecule has 22 heavy (non-hydrogen) atoms. The number of carbonyl (C=O) groups is 1. The van der Waals surface area contributed by atoms with Gasteiger partial charge in [-0.3, -0.25) is 4.79 Å². The van der Waals surface area contributed by atoms with Crippen LogP contribution in [0.3, 0.4) is 0 Å². The van der Waals surface area contributed by atoms with E-state index in [0.29, 0.717) is 11.0 Å². The summed E-state index contributed by atoms with van der Waals surface area (Å²) in [7, 11) is 0. The summed E-state index contributed by atoms with van der Waals surface area (Å²) in [6.45, 7) is 3.13. The molecule has 2 heterocycles. The van der Waals surface area contributed by atoms with Crippen molar-refractivity contribution in [2.75, 3.05) is 19.6 Å². The third-order valence-corrected chi connectivity index (χ3v) is 4.48. The highest BCUT2D eigenvalue weighted by Crippen LogP contribution is 2.30. The van der Waals surface area contributed by atoms with Gasteiger partial charge in [-0.25, -0.2) is 9.37 Å². The molecule has 116 valence electrons. The first-order valence-corrected chi connectivity index (χ1v) is 7.86. The van der Waals surface area contributed by atoms with Crippen molar-refractivity contribution < 1.29 is 9.18 Å². The van der Waals surface area contributed by atoms with Crippen molar-refractivity contribution in [3.8, 4) is 0 Å². The highest BCUT2D eigenvalue weighted by Gasteiger charge is 2.30. The Morgan fingerprint density at radius 1 is 1.41 bits per heavy atom. The summed E-state index contributed by atoms with van der Waals surface area (Å²) in [6, 6.07) is 4.45. The first-order valence-electron chi connectivity index (χ1n) is 7.86. The maximum atomic E-state index is 13.2. The van der Waals surface area contributed by atoms with Gasteiger partial charge in [-0.1, -0.05) is 0 Å². The maximum absolute atomic E-state index is 13.2. The lowest BCUT2D eigenvalue weighted by atomic mass is 10.2. The molecule has 1 aliphatic carbocycles. The predicted octanol–water partition coefficient (Wildman–Crippen LogP) is 1.92. The minimum atomic E-state index is -0.338. The van der Waals surface area contributed by atoms with Crippen molar-refractivity contribution in [2.24, 2.45) is 5.92 Å². The zero-order valence-electron chi connectivity index (χ0n) is 12.3. The van der Waals surface area contributed by atoms with E-state index in [1.54, 1.807) is 6.07 Å². The van der Waals surface area contributed by atoms with Gasteiger partial charge in [0.05, 0.1) is 11.0 Å². The number of halogens is 1. The fourth-order valence-electron chi connectivity index (χ4n) is 3.13. The molecule has 5 nitrogen and oxygen atoms in total. The average molecular weight is 302 g/mol. The van der Waals surface area contributed by atoms with Crippen molar-refractivity contribution in [1.29, 1.82) is 0 Å². The molecule has 6 heteroatoms. The van der Waals surface area contributed by atoms with E-state index in [4.69, 9.17) is 0 Å². The third kappa shape index (κ3) is 2.83. The first kappa shape index (κ1) is 13.7. The van der Waals surface area contributed by atoms with Crippen molar-refractivity contribution in [2.45, 2.75) is 25.3 Å². The van der Waals surface area contributed by atoms with E-state index in [9.17, 15) is 9.18 Å². The summed E-state index contributed by atoms with van der Waals surface area (Å²) in [5, 5.41) is 3.03. The smallest absolute Gasteiger partial charge is 0.287 e. The minimum absolute atomic E-state index is 0.177. The summed E-state index contributed by atoms with van der Waals surface area (Å²) in [4.78, 5) is 21.8. The van der Waals surface area contributed by atoms with Crippen molar-refractivity contribution in [3.05, 3.63) is 29.8 Å². The number of fused-ring (bicyclic) bond motifs is 1. The largest absolute Gasteiger partial charge is 0.345 e. The lowest BCUT2D eigenvalue weighted by Gasteiger charge is -2.15. The first-order chi connectivity index (χ1) is 10.7. The Labute approximate surface area is 127 Å². The fraction of sp³-hybridized carbons (Fsp3) is 0.500. The number of benzene rings is 1. The molecule has 1 aromatic carbocycles. The molecule has 1 unspecified atom stereocenters. The lowest BCUT2D eigenvalue weighted by Crippen LogP contribution is -2.37. The van der Waals surface area contributed by atoms with E-state index >= 15 is 0 Å². The van der Waals surface area contributed by atoms with Gasteiger partial charge >= 0.3 is 0 Å². The van der Waals surface area contributed by atoms with E-state index in [1.807, 2.05) is 0 Å². The number of aromatic amines is 1. The second-order valence-corrected chi connectivity index (χ2v) is 6.41. The van der Waals surface area contributed by atoms with E-state index < -0.39 is 0 Å². The van der Waals surface area contributed by atoms with Crippen LogP contribution >= 0.6 is 0 Å². The summed E-state index contributed by atoms with van der Waals surface area (Å²) in [6.07, 6.45) is 3.68. The zero-order valence-corrected chi connectivity index (χ0v) is 12.3. The molecule has 1 saturated heterocycles. The summed E-state index contributed by atoms with van der Waals surface area (Å²) >= 11 is 0. The maximum Gasteiger partial charge on any atom is 0.287 e. The SMILES string of the molecule is O=C(NC1CCN(CC2CC2)C1)c1nc2ccc(F)cc2[nH]1. The monoisotopic (exact) mass is 302 g/mol. The molecule has 4 rings (SSSR count). The summed E-state index contributed by atoms with van der Waals surface area (Å²) in [5.41, 5.74) is 1.15. The molecule has 1 amide bonds. The summed E-state index contributed by atoms with van der Waals surface area (Å²) < 4.78 is 13.2. The molecule has 0 bridgehead atoms. The molecule has 2 aromatic rings. The van der Waals surface area contributed by atoms with Gasteiger partial charge in [-0.15, -0.1) is 0 Å². The van der Waals surface area contributed by atoms with Crippen molar-refractivity contribution in [3.63, 3.8) is 0 Å². The van der Waals surface area contributed by atoms with Crippen molar-refractivity contribution in [1.82, 2.24) is 20.2 Å². The van der Waals surface area contributed by atoms with Crippen LogP contribution < -0.4 is 5.32 Å². The number of aromatic nitrogens is 2. The molecular formula is C16H19FN4O. The van der Waals surface area contributed by atoms with Crippen LogP contribution in [0.5, 0.6) is 0 Å². The molecule has 1 atom stereocenters. The van der Waals surface area contributed by atoms with Crippen LogP contribution in [0.4, 0.5) is 4.39 Å². The second kappa shape index (κ2) is 5.35. The summed E-state index contributed by atoms with van der Waals surface area (Å²) in [5.74, 6) is 0.575. The normalized spacial score (nSPS) is 22.3. The Balaban J connectivity index is 1.40. The van der Waals surface area contributed by atoms with Gasteiger partial charge in [-0.05, 0) is 43.4 Å². The standard InChI is InChI=1S/C16H19FN4O/c17-11-3-4-13-14(7-11)20-15(19-13)16(22)18-12-5-6-21(9-12)8-10-1-2-10/h3-4,7,10,12H,1-2,5-6,8-9H2,(H,18,22)(H,19,20). The molecule has 0 spiro atoms. The number of amides is 1. The highest BCUT2D eigenvalue weighted by atomic mass is 19.1. The van der Waals surface area contributed by atoms with Crippen LogP contribution in [0.25, 0.3) is 11.0 Å². The number of H-pyrrole nitrogens is 1. The Hall–Kier alpha value is -1.95. The van der Waals surface area contributed by atoms with Gasteiger partial charge in [0.2, 0.25) is 0 Å². The number of likely N-dealkylation sites (tertiary alicyclic amines) is 1. The van der Waals surface area contributed by atoms with E-state index in [-0.39, 0.29) is 23.6 Å². The number of hydrogen-bond donors (Lipinski definition) is 2. The number of nitrogens with one attached hydrogen (secondary N) is 2. The number of carbonyl (C=O) groups excluding carboxylic acids is 1. The topological polar surface area (TPSA) is 61.0 Å². The van der Waals surface area contributed by atoms with Gasteiger partial charge in [0.25, 0.3) is 5.91 Å². The van der Waals surface area contributed by atoms with Crippen LogP contribution in [-0.2, 0) is 0 Å². The Morgan fingerprint density at radius 3 is 3.09 bits per heavy atom. The number of nitrogens with zero attached hydrogens (tertiary/aromatic N) is 2. The van der Waals surface area contributed by atoms with Crippen LogP contribution in [0.15, 0.2) is 18.2 Å². The van der Waals surface area contributed by atoms with E-state index in [0.717, 1.165) is 32.0 Å². The van der Waals surface area contributed by atoms with Gasteiger partial charge in [-0.2, -0.15) is 0 Å². The van der Waals surface area contributed by atoms with Crippen LogP contribution in [0.1, 0.15) is 29.9 Å². The van der Waals surface area contributed by atoms with Gasteiger partial charge in [0.1, 0.15) is 5.82 Å². The zero-order chi connectivity index (χ0) is 15.1. The number of hydrogen-bond acceptors (Lipinski definition) is 3. The predicted molar refractivity (Wildman–Crippen MR) is 81.1 cm³/mol. The molecule has 1 saturated carbocycles. The molecule has 1 aromatic heterocycles. The third-order valence-electron chi connectivity index (χ3n) is 4.48. The molecule has 2 fully saturated rings. The van der Waals surface area contributed by atoms with Crippen LogP contribution in [0, 0.1) is 11.7 Å². The van der Waals surface area contributed by atoms with Crippen LogP contribution in [0.2, 0.25) is 0 Å². The second-order valence-electron chi connectivity index (χ2n) is 6.41. The van der Waals surface area contributed by atoms with E-state index in [1.165, 1.54) is 25.0 Å². The van der Waals surface area contributed by atoms with Gasteiger partial charge in [0, 0.05) is 25.7 Å². The molecule has 2 aliphatic rings.